The molecule has 84 valence electrons. The molecule has 0 atom stereocenters. The molecule has 0 aliphatic carbocycles. The lowest BCUT2D eigenvalue weighted by Gasteiger charge is -2.06. The summed E-state index contributed by atoms with van der Waals surface area (Å²) >= 11 is 13.1. The molecule has 16 heavy (non-hydrogen) atoms. The van der Waals surface area contributed by atoms with Crippen LogP contribution >= 0.6 is 34.5 Å². The summed E-state index contributed by atoms with van der Waals surface area (Å²) in [5, 5.41) is 6.78. The van der Waals surface area contributed by atoms with E-state index < -0.39 is 0 Å². The predicted molar refractivity (Wildman–Crippen MR) is 71.1 cm³/mol. The molecule has 2 aromatic rings. The zero-order valence-corrected chi connectivity index (χ0v) is 11.0. The molecule has 1 N–H and O–H groups in total. The minimum absolute atomic E-state index is 0.442. The van der Waals surface area contributed by atoms with Crippen molar-refractivity contribution in [2.24, 2.45) is 0 Å². The van der Waals surface area contributed by atoms with Crippen LogP contribution in [-0.4, -0.2) is 4.98 Å². The van der Waals surface area contributed by atoms with Gasteiger partial charge in [-0.15, -0.1) is 22.9 Å². The van der Waals surface area contributed by atoms with Crippen LogP contribution < -0.4 is 5.32 Å². The molecule has 0 amide bonds. The van der Waals surface area contributed by atoms with Gasteiger partial charge in [-0.25, -0.2) is 4.98 Å². The van der Waals surface area contributed by atoms with Crippen LogP contribution in [0.3, 0.4) is 0 Å². The van der Waals surface area contributed by atoms with Crippen molar-refractivity contribution >= 4 is 45.4 Å². The second kappa shape index (κ2) is 5.04. The summed E-state index contributed by atoms with van der Waals surface area (Å²) in [6, 6.07) is 5.71. The second-order valence-corrected chi connectivity index (χ2v) is 4.92. The minimum atomic E-state index is 0.442. The van der Waals surface area contributed by atoms with Crippen LogP contribution in [0.4, 0.5) is 10.8 Å². The number of halogens is 2. The summed E-state index contributed by atoms with van der Waals surface area (Å²) in [5.74, 6) is 0.442. The maximum Gasteiger partial charge on any atom is 0.187 e. The fraction of sp³-hybridized carbons (Fsp3) is 0.182. The number of anilines is 2. The second-order valence-electron chi connectivity index (χ2n) is 3.36. The van der Waals surface area contributed by atoms with Crippen LogP contribution in [0.25, 0.3) is 0 Å². The fourth-order valence-electron chi connectivity index (χ4n) is 1.31. The first kappa shape index (κ1) is 11.7. The molecule has 0 unspecified atom stereocenters. The Hall–Kier alpha value is -0.770. The van der Waals surface area contributed by atoms with Gasteiger partial charge < -0.3 is 5.32 Å². The van der Waals surface area contributed by atoms with Gasteiger partial charge in [-0.2, -0.15) is 0 Å². The third-order valence-corrected chi connectivity index (χ3v) is 3.43. The lowest BCUT2D eigenvalue weighted by atomic mass is 10.2. The van der Waals surface area contributed by atoms with E-state index in [0.717, 1.165) is 27.1 Å². The monoisotopic (exact) mass is 272 g/mol. The number of nitrogens with one attached hydrogen (secondary N) is 1. The van der Waals surface area contributed by atoms with E-state index in [1.165, 1.54) is 0 Å². The molecule has 2 rings (SSSR count). The van der Waals surface area contributed by atoms with Gasteiger partial charge in [0, 0.05) is 16.1 Å². The Morgan fingerprint density at radius 2 is 2.25 bits per heavy atom. The van der Waals surface area contributed by atoms with Crippen molar-refractivity contribution in [2.45, 2.75) is 12.8 Å². The molecule has 0 bridgehead atoms. The normalized spacial score (nSPS) is 10.4. The van der Waals surface area contributed by atoms with Crippen LogP contribution in [0.1, 0.15) is 11.3 Å². The maximum atomic E-state index is 5.89. The van der Waals surface area contributed by atoms with E-state index in [2.05, 4.69) is 10.3 Å². The number of nitrogens with zero attached hydrogens (tertiary/aromatic N) is 1. The van der Waals surface area contributed by atoms with E-state index >= 15 is 0 Å². The standard InChI is InChI=1S/C11H10Cl2N2S/c1-7-4-8(13)2-3-10(7)15-11-14-9(5-12)6-16-11/h2-4,6H,5H2,1H3,(H,14,15). The highest BCUT2D eigenvalue weighted by Crippen LogP contribution is 2.25. The number of aromatic nitrogens is 1. The fourth-order valence-corrected chi connectivity index (χ4v) is 2.49. The minimum Gasteiger partial charge on any atom is -0.331 e. The van der Waals surface area contributed by atoms with Gasteiger partial charge in [-0.05, 0) is 30.7 Å². The third-order valence-electron chi connectivity index (χ3n) is 2.12. The van der Waals surface area contributed by atoms with Crippen LogP contribution in [0.5, 0.6) is 0 Å². The summed E-state index contributed by atoms with van der Waals surface area (Å²) in [5.41, 5.74) is 3.00. The maximum absolute atomic E-state index is 5.89. The Morgan fingerprint density at radius 3 is 2.88 bits per heavy atom. The average Bonchev–Trinajstić information content (AvgIpc) is 2.70. The Morgan fingerprint density at radius 1 is 1.44 bits per heavy atom. The molecule has 0 fully saturated rings. The first-order valence-corrected chi connectivity index (χ1v) is 6.52. The molecule has 0 saturated heterocycles. The number of hydrogen-bond donors (Lipinski definition) is 1. The third kappa shape index (κ3) is 2.67. The molecule has 0 spiro atoms. The van der Waals surface area contributed by atoms with Gasteiger partial charge in [-0.3, -0.25) is 0 Å². The van der Waals surface area contributed by atoms with Gasteiger partial charge in [0.25, 0.3) is 0 Å². The quantitative estimate of drug-likeness (QED) is 0.827. The molecule has 2 nitrogen and oxygen atoms in total. The number of alkyl halides is 1. The van der Waals surface area contributed by atoms with Crippen LogP contribution in [-0.2, 0) is 5.88 Å². The van der Waals surface area contributed by atoms with Crippen molar-refractivity contribution in [2.75, 3.05) is 5.32 Å². The van der Waals surface area contributed by atoms with Crippen molar-refractivity contribution in [3.8, 4) is 0 Å². The molecule has 0 aliphatic rings. The first-order valence-electron chi connectivity index (χ1n) is 4.72. The number of aryl methyl sites for hydroxylation is 1. The van der Waals surface area contributed by atoms with Gasteiger partial charge >= 0.3 is 0 Å². The van der Waals surface area contributed by atoms with E-state index in [9.17, 15) is 0 Å². The van der Waals surface area contributed by atoms with Crippen LogP contribution in [0.2, 0.25) is 5.02 Å². The highest BCUT2D eigenvalue weighted by Gasteiger charge is 2.03. The Kier molecular flexibility index (Phi) is 3.69. The largest absolute Gasteiger partial charge is 0.331 e. The zero-order chi connectivity index (χ0) is 11.5. The lowest BCUT2D eigenvalue weighted by molar-refractivity contribution is 1.22. The van der Waals surface area contributed by atoms with E-state index in [-0.39, 0.29) is 0 Å². The SMILES string of the molecule is Cc1cc(Cl)ccc1Nc1nc(CCl)cs1. The van der Waals surface area contributed by atoms with Gasteiger partial charge in [0.15, 0.2) is 5.13 Å². The molecule has 1 heterocycles. The highest BCUT2D eigenvalue weighted by atomic mass is 35.5. The molecule has 1 aromatic heterocycles. The van der Waals surface area contributed by atoms with E-state index in [4.69, 9.17) is 23.2 Å². The number of benzene rings is 1. The summed E-state index contributed by atoms with van der Waals surface area (Å²) in [4.78, 5) is 4.33. The Balaban J connectivity index is 2.20. The summed E-state index contributed by atoms with van der Waals surface area (Å²) in [7, 11) is 0. The number of thiazole rings is 1. The molecule has 5 heteroatoms. The van der Waals surface area contributed by atoms with Gasteiger partial charge in [0.05, 0.1) is 11.6 Å². The van der Waals surface area contributed by atoms with Gasteiger partial charge in [-0.1, -0.05) is 11.6 Å². The van der Waals surface area contributed by atoms with Crippen molar-refractivity contribution in [3.05, 3.63) is 39.9 Å². The van der Waals surface area contributed by atoms with E-state index in [1.807, 2.05) is 30.5 Å². The average molecular weight is 273 g/mol. The van der Waals surface area contributed by atoms with Gasteiger partial charge in [0.2, 0.25) is 0 Å². The van der Waals surface area contributed by atoms with Gasteiger partial charge in [0.1, 0.15) is 0 Å². The number of rotatable bonds is 3. The molecule has 0 radical (unpaired) electrons. The smallest absolute Gasteiger partial charge is 0.187 e. The predicted octanol–water partition coefficient (Wildman–Crippen LogP) is 4.59. The van der Waals surface area contributed by atoms with E-state index in [1.54, 1.807) is 11.3 Å². The van der Waals surface area contributed by atoms with Crippen molar-refractivity contribution in [1.29, 1.82) is 0 Å². The van der Waals surface area contributed by atoms with Crippen molar-refractivity contribution < 1.29 is 0 Å². The first-order chi connectivity index (χ1) is 7.69. The molecule has 0 aliphatic heterocycles. The molecule has 1 aromatic carbocycles. The van der Waals surface area contributed by atoms with Crippen molar-refractivity contribution in [1.82, 2.24) is 4.98 Å². The summed E-state index contributed by atoms with van der Waals surface area (Å²) in [6.45, 7) is 2.00. The zero-order valence-electron chi connectivity index (χ0n) is 8.63. The van der Waals surface area contributed by atoms with Crippen molar-refractivity contribution in [3.63, 3.8) is 0 Å². The van der Waals surface area contributed by atoms with Crippen LogP contribution in [0.15, 0.2) is 23.6 Å². The Bertz CT molecular complexity index is 496. The molecular formula is C11H10Cl2N2S. The lowest BCUT2D eigenvalue weighted by Crippen LogP contribution is -1.92. The molecule has 0 saturated carbocycles. The number of hydrogen-bond acceptors (Lipinski definition) is 3. The van der Waals surface area contributed by atoms with E-state index in [0.29, 0.717) is 5.88 Å². The summed E-state index contributed by atoms with van der Waals surface area (Å²) < 4.78 is 0. The molecular weight excluding hydrogens is 263 g/mol. The van der Waals surface area contributed by atoms with Crippen LogP contribution in [0, 0.1) is 6.92 Å². The highest BCUT2D eigenvalue weighted by molar-refractivity contribution is 7.13. The Labute approximate surface area is 108 Å². The summed E-state index contributed by atoms with van der Waals surface area (Å²) in [6.07, 6.45) is 0. The topological polar surface area (TPSA) is 24.9 Å².